The van der Waals surface area contributed by atoms with Gasteiger partial charge in [0.2, 0.25) is 10.0 Å². The number of aliphatic hydroxyl groups is 1. The maximum Gasteiger partial charge on any atom is 0.211 e. The fraction of sp³-hybridized carbons (Fsp3) is 1.00. The molecule has 1 heterocycles. The van der Waals surface area contributed by atoms with Crippen molar-refractivity contribution in [3.63, 3.8) is 0 Å². The van der Waals surface area contributed by atoms with E-state index in [1.807, 2.05) is 0 Å². The third-order valence-electron chi connectivity index (χ3n) is 3.07. The molecule has 1 saturated heterocycles. The Kier molecular flexibility index (Phi) is 6.26. The molecule has 0 aromatic rings. The van der Waals surface area contributed by atoms with Crippen LogP contribution in [-0.2, 0) is 10.0 Å². The minimum absolute atomic E-state index is 0.301. The molecule has 0 spiro atoms. The molecule has 0 saturated carbocycles. The third-order valence-corrected chi connectivity index (χ3v) is 5.37. The van der Waals surface area contributed by atoms with Gasteiger partial charge >= 0.3 is 0 Å². The van der Waals surface area contributed by atoms with Gasteiger partial charge in [0.25, 0.3) is 0 Å². The summed E-state index contributed by atoms with van der Waals surface area (Å²) in [7, 11) is -3.07. The largest absolute Gasteiger partial charge is 0.392 e. The van der Waals surface area contributed by atoms with Gasteiger partial charge in [0, 0.05) is 18.8 Å². The van der Waals surface area contributed by atoms with E-state index in [9.17, 15) is 13.5 Å². The molecule has 1 rings (SSSR count). The lowest BCUT2D eigenvalue weighted by Crippen LogP contribution is -2.40. The van der Waals surface area contributed by atoms with Crippen molar-refractivity contribution >= 4 is 21.8 Å². The summed E-state index contributed by atoms with van der Waals surface area (Å²) in [5.74, 6) is 2.08. The van der Waals surface area contributed by atoms with Crippen molar-refractivity contribution in [2.75, 3.05) is 30.9 Å². The van der Waals surface area contributed by atoms with Crippen LogP contribution in [0.4, 0.5) is 0 Å². The van der Waals surface area contributed by atoms with Crippen molar-refractivity contribution in [1.29, 1.82) is 0 Å². The zero-order valence-corrected chi connectivity index (χ0v) is 12.3. The van der Waals surface area contributed by atoms with Crippen molar-refractivity contribution in [1.82, 2.24) is 4.31 Å². The Labute approximate surface area is 109 Å². The summed E-state index contributed by atoms with van der Waals surface area (Å²) in [5.41, 5.74) is 0. The van der Waals surface area contributed by atoms with Crippen LogP contribution in [0.25, 0.3) is 0 Å². The molecule has 2 unspecified atom stereocenters. The second-order valence-electron chi connectivity index (χ2n) is 4.68. The highest BCUT2D eigenvalue weighted by Gasteiger charge is 2.27. The van der Waals surface area contributed by atoms with Gasteiger partial charge in [-0.3, -0.25) is 0 Å². The summed E-state index contributed by atoms with van der Waals surface area (Å²) in [5, 5.41) is 9.83. The minimum atomic E-state index is -3.07. The number of sulfonamides is 1. The summed E-state index contributed by atoms with van der Waals surface area (Å²) in [4.78, 5) is 0. The highest BCUT2D eigenvalue weighted by Crippen LogP contribution is 2.23. The molecule has 0 aromatic heterocycles. The van der Waals surface area contributed by atoms with E-state index in [4.69, 9.17) is 0 Å². The van der Waals surface area contributed by atoms with E-state index in [1.165, 1.54) is 6.26 Å². The molecule has 0 amide bonds. The van der Waals surface area contributed by atoms with Gasteiger partial charge in [0.05, 0.1) is 12.4 Å². The Bertz CT molecular complexity index is 319. The molecule has 1 N–H and O–H groups in total. The molecular weight excluding hydrogens is 258 g/mol. The van der Waals surface area contributed by atoms with E-state index in [0.29, 0.717) is 19.0 Å². The van der Waals surface area contributed by atoms with Crippen LogP contribution in [0.2, 0.25) is 0 Å². The van der Waals surface area contributed by atoms with Crippen LogP contribution in [0.1, 0.15) is 26.2 Å². The first-order valence-corrected chi connectivity index (χ1v) is 9.14. The van der Waals surface area contributed by atoms with E-state index in [-0.39, 0.29) is 6.10 Å². The Morgan fingerprint density at radius 2 is 2.24 bits per heavy atom. The van der Waals surface area contributed by atoms with Crippen molar-refractivity contribution in [2.45, 2.75) is 32.3 Å². The average molecular weight is 281 g/mol. The van der Waals surface area contributed by atoms with Gasteiger partial charge in [-0.25, -0.2) is 12.7 Å². The zero-order chi connectivity index (χ0) is 12.9. The fourth-order valence-corrected chi connectivity index (χ4v) is 3.81. The first-order chi connectivity index (χ1) is 7.93. The van der Waals surface area contributed by atoms with E-state index < -0.39 is 10.0 Å². The number of piperidine rings is 1. The zero-order valence-electron chi connectivity index (χ0n) is 10.6. The molecule has 102 valence electrons. The number of aliphatic hydroxyl groups excluding tert-OH is 1. The van der Waals surface area contributed by atoms with Gasteiger partial charge in [-0.15, -0.1) is 0 Å². The van der Waals surface area contributed by atoms with Gasteiger partial charge in [0.1, 0.15) is 0 Å². The molecule has 1 aliphatic rings. The predicted octanol–water partition coefficient (Wildman–Crippen LogP) is 1.16. The standard InChI is InChI=1S/C11H23NO3S2/c1-3-16-9-11(13)7-10-5-4-6-12(8-10)17(2,14)15/h10-11,13H,3-9H2,1-2H3. The molecule has 0 bridgehead atoms. The van der Waals surface area contributed by atoms with Gasteiger partial charge < -0.3 is 5.11 Å². The second kappa shape index (κ2) is 6.97. The van der Waals surface area contributed by atoms with Crippen LogP contribution < -0.4 is 0 Å². The molecule has 2 atom stereocenters. The van der Waals surface area contributed by atoms with Crippen LogP contribution >= 0.6 is 11.8 Å². The average Bonchev–Trinajstić information content (AvgIpc) is 2.25. The van der Waals surface area contributed by atoms with E-state index in [0.717, 1.165) is 30.8 Å². The lowest BCUT2D eigenvalue weighted by molar-refractivity contribution is 0.140. The van der Waals surface area contributed by atoms with Crippen molar-refractivity contribution in [3.05, 3.63) is 0 Å². The monoisotopic (exact) mass is 281 g/mol. The topological polar surface area (TPSA) is 57.6 Å². The highest BCUT2D eigenvalue weighted by molar-refractivity contribution is 7.99. The molecule has 1 aliphatic heterocycles. The molecule has 0 aliphatic carbocycles. The lowest BCUT2D eigenvalue weighted by Gasteiger charge is -2.31. The van der Waals surface area contributed by atoms with Gasteiger partial charge in [-0.1, -0.05) is 6.92 Å². The molecule has 6 heteroatoms. The highest BCUT2D eigenvalue weighted by atomic mass is 32.2. The summed E-state index contributed by atoms with van der Waals surface area (Å²) in [6.45, 7) is 3.28. The fourth-order valence-electron chi connectivity index (χ4n) is 2.23. The van der Waals surface area contributed by atoms with Crippen molar-refractivity contribution in [2.24, 2.45) is 5.92 Å². The molecule has 0 radical (unpaired) electrons. The third kappa shape index (κ3) is 5.59. The molecule has 1 fully saturated rings. The van der Waals surface area contributed by atoms with Crippen LogP contribution in [0.15, 0.2) is 0 Å². The van der Waals surface area contributed by atoms with E-state index in [1.54, 1.807) is 16.1 Å². The number of hydrogen-bond donors (Lipinski definition) is 1. The summed E-state index contributed by atoms with van der Waals surface area (Å²) >= 11 is 1.73. The van der Waals surface area contributed by atoms with Gasteiger partial charge in [-0.05, 0) is 30.9 Å². The Hall–Kier alpha value is 0.220. The Balaban J connectivity index is 2.39. The van der Waals surface area contributed by atoms with E-state index >= 15 is 0 Å². The van der Waals surface area contributed by atoms with Crippen LogP contribution in [-0.4, -0.2) is 54.8 Å². The first-order valence-electron chi connectivity index (χ1n) is 6.14. The maximum absolute atomic E-state index is 11.4. The lowest BCUT2D eigenvalue weighted by atomic mass is 9.94. The number of hydrogen-bond acceptors (Lipinski definition) is 4. The van der Waals surface area contributed by atoms with Gasteiger partial charge in [-0.2, -0.15) is 11.8 Å². The minimum Gasteiger partial charge on any atom is -0.392 e. The number of nitrogens with zero attached hydrogens (tertiary/aromatic N) is 1. The molecule has 17 heavy (non-hydrogen) atoms. The quantitative estimate of drug-likeness (QED) is 0.794. The summed E-state index contributed by atoms with van der Waals surface area (Å²) in [6, 6.07) is 0. The van der Waals surface area contributed by atoms with Crippen LogP contribution in [0.3, 0.4) is 0 Å². The van der Waals surface area contributed by atoms with Crippen LogP contribution in [0.5, 0.6) is 0 Å². The Morgan fingerprint density at radius 3 is 2.82 bits per heavy atom. The Morgan fingerprint density at radius 1 is 1.53 bits per heavy atom. The first kappa shape index (κ1) is 15.3. The summed E-state index contributed by atoms with van der Waals surface area (Å²) < 4.78 is 24.4. The molecule has 0 aromatic carbocycles. The summed E-state index contributed by atoms with van der Waals surface area (Å²) in [6.07, 6.45) is 3.62. The SMILES string of the molecule is CCSCC(O)CC1CCCN(S(C)(=O)=O)C1. The molecular formula is C11H23NO3S2. The molecule has 4 nitrogen and oxygen atoms in total. The van der Waals surface area contributed by atoms with Crippen molar-refractivity contribution in [3.8, 4) is 0 Å². The van der Waals surface area contributed by atoms with Crippen LogP contribution in [0, 0.1) is 5.92 Å². The number of thioether (sulfide) groups is 1. The normalized spacial score (nSPS) is 24.8. The number of rotatable bonds is 6. The van der Waals surface area contributed by atoms with E-state index in [2.05, 4.69) is 6.92 Å². The second-order valence-corrected chi connectivity index (χ2v) is 7.98. The predicted molar refractivity (Wildman–Crippen MR) is 72.8 cm³/mol. The van der Waals surface area contributed by atoms with Gasteiger partial charge in [0.15, 0.2) is 0 Å². The van der Waals surface area contributed by atoms with Crippen molar-refractivity contribution < 1.29 is 13.5 Å². The smallest absolute Gasteiger partial charge is 0.211 e. The maximum atomic E-state index is 11.4.